The van der Waals surface area contributed by atoms with Crippen LogP contribution in [0.5, 0.6) is 0 Å². The Hall–Kier alpha value is -2.17. The predicted molar refractivity (Wildman–Crippen MR) is 103 cm³/mol. The van der Waals surface area contributed by atoms with E-state index in [1.54, 1.807) is 13.0 Å². The van der Waals surface area contributed by atoms with E-state index in [1.807, 2.05) is 18.3 Å². The molecule has 146 valence electrons. The lowest BCUT2D eigenvalue weighted by molar-refractivity contribution is -0.167. The van der Waals surface area contributed by atoms with Crippen molar-refractivity contribution in [2.24, 2.45) is 5.41 Å². The summed E-state index contributed by atoms with van der Waals surface area (Å²) in [6.45, 7) is 2.14. The number of nitrogens with zero attached hydrogens (tertiary/aromatic N) is 1. The summed E-state index contributed by atoms with van der Waals surface area (Å²) in [6, 6.07) is 3.89. The summed E-state index contributed by atoms with van der Waals surface area (Å²) in [5.41, 5.74) is 1.53. The first kappa shape index (κ1) is 19.6. The Morgan fingerprint density at radius 3 is 2.59 bits per heavy atom. The molecule has 0 radical (unpaired) electrons. The summed E-state index contributed by atoms with van der Waals surface area (Å²) in [6.07, 6.45) is 14.0. The van der Waals surface area contributed by atoms with Gasteiger partial charge in [0.15, 0.2) is 0 Å². The van der Waals surface area contributed by atoms with Gasteiger partial charge in [-0.15, -0.1) is 0 Å². The molecule has 2 fully saturated rings. The van der Waals surface area contributed by atoms with Crippen LogP contribution in [0.15, 0.2) is 24.4 Å². The van der Waals surface area contributed by atoms with Gasteiger partial charge in [-0.2, -0.15) is 0 Å². The first-order valence-electron chi connectivity index (χ1n) is 10.1. The zero-order chi connectivity index (χ0) is 19.1. The van der Waals surface area contributed by atoms with E-state index in [2.05, 4.69) is 4.98 Å². The van der Waals surface area contributed by atoms with Crippen LogP contribution in [0, 0.1) is 5.41 Å². The van der Waals surface area contributed by atoms with Crippen LogP contribution in [0.1, 0.15) is 69.5 Å². The van der Waals surface area contributed by atoms with Crippen LogP contribution in [-0.4, -0.2) is 29.6 Å². The molecule has 1 heterocycles. The normalized spacial score (nSPS) is 19.0. The maximum atomic E-state index is 12.7. The molecule has 0 N–H and O–H groups in total. The third-order valence-electron chi connectivity index (χ3n) is 5.74. The van der Waals surface area contributed by atoms with E-state index in [1.165, 1.54) is 18.9 Å². The van der Waals surface area contributed by atoms with Crippen LogP contribution in [0.2, 0.25) is 0 Å². The van der Waals surface area contributed by atoms with Gasteiger partial charge in [-0.05, 0) is 76.0 Å². The minimum Gasteiger partial charge on any atom is -0.463 e. The van der Waals surface area contributed by atoms with Gasteiger partial charge in [0.05, 0.1) is 17.7 Å². The topological polar surface area (TPSA) is 65.5 Å². The highest BCUT2D eigenvalue weighted by Gasteiger charge is 2.45. The molecule has 0 spiro atoms. The molecule has 27 heavy (non-hydrogen) atoms. The number of aromatic nitrogens is 1. The summed E-state index contributed by atoms with van der Waals surface area (Å²) in [5, 5.41) is 0. The number of carbonyl (C=O) groups is 2. The Labute approximate surface area is 161 Å². The van der Waals surface area contributed by atoms with Crippen LogP contribution in [0.3, 0.4) is 0 Å². The smallest absolute Gasteiger partial charge is 0.330 e. The number of carbonyl (C=O) groups excluding carboxylic acids is 2. The zero-order valence-corrected chi connectivity index (χ0v) is 16.1. The summed E-state index contributed by atoms with van der Waals surface area (Å²) in [5.74, 6) is -0.348. The highest BCUT2D eigenvalue weighted by Crippen LogP contribution is 2.46. The molecule has 0 unspecified atom stereocenters. The Morgan fingerprint density at radius 1 is 1.22 bits per heavy atom. The summed E-state index contributed by atoms with van der Waals surface area (Å²) in [4.78, 5) is 28.4. The Bertz CT molecular complexity index is 670. The monoisotopic (exact) mass is 371 g/mol. The number of esters is 2. The minimum absolute atomic E-state index is 0.0163. The molecule has 0 bridgehead atoms. The van der Waals surface area contributed by atoms with Crippen molar-refractivity contribution in [3.8, 4) is 0 Å². The molecule has 1 aromatic rings. The molecular formula is C22H29NO4. The predicted octanol–water partition coefficient (Wildman–Crippen LogP) is 4.25. The van der Waals surface area contributed by atoms with Gasteiger partial charge in [-0.25, -0.2) is 4.79 Å². The van der Waals surface area contributed by atoms with E-state index in [0.717, 1.165) is 50.5 Å². The van der Waals surface area contributed by atoms with Gasteiger partial charge in [-0.1, -0.05) is 12.5 Å². The van der Waals surface area contributed by atoms with Crippen molar-refractivity contribution in [3.05, 3.63) is 35.7 Å². The fraction of sp³-hybridized carbons (Fsp3) is 0.591. The molecule has 2 aliphatic rings. The molecule has 0 aromatic carbocycles. The lowest BCUT2D eigenvalue weighted by atomic mass is 9.65. The van der Waals surface area contributed by atoms with Gasteiger partial charge >= 0.3 is 11.9 Å². The minimum atomic E-state index is -0.365. The Balaban J connectivity index is 1.52. The first-order valence-corrected chi connectivity index (χ1v) is 10.1. The maximum absolute atomic E-state index is 12.7. The van der Waals surface area contributed by atoms with Gasteiger partial charge in [-0.3, -0.25) is 9.78 Å². The largest absolute Gasteiger partial charge is 0.463 e. The fourth-order valence-electron chi connectivity index (χ4n) is 3.85. The third kappa shape index (κ3) is 5.18. The molecule has 0 amide bonds. The van der Waals surface area contributed by atoms with Gasteiger partial charge in [0, 0.05) is 12.3 Å². The maximum Gasteiger partial charge on any atom is 0.330 e. The average Bonchev–Trinajstić information content (AvgIpc) is 3.13. The highest BCUT2D eigenvalue weighted by molar-refractivity contribution is 5.86. The van der Waals surface area contributed by atoms with Crippen molar-refractivity contribution >= 4 is 18.0 Å². The van der Waals surface area contributed by atoms with Gasteiger partial charge in [0.1, 0.15) is 6.10 Å². The number of ether oxygens (including phenoxy) is 2. The second-order valence-electron chi connectivity index (χ2n) is 7.62. The first-order chi connectivity index (χ1) is 13.1. The van der Waals surface area contributed by atoms with Crippen LogP contribution in [0.4, 0.5) is 0 Å². The molecular weight excluding hydrogens is 342 g/mol. The lowest BCUT2D eigenvalue weighted by Gasteiger charge is -2.40. The molecule has 2 aliphatic carbocycles. The summed E-state index contributed by atoms with van der Waals surface area (Å²) < 4.78 is 10.6. The standard InChI is InChI=1S/C22H29NO4/c1-2-26-20(24)11-10-18-9-8-17(16-23-18)12-15-22(13-5-14-22)21(25)27-19-6-3-4-7-19/h8-11,16,19H,2-7,12-15H2,1H3/b11-10+. The molecule has 0 atom stereocenters. The van der Waals surface area contributed by atoms with Gasteiger partial charge in [0.2, 0.25) is 0 Å². The zero-order valence-electron chi connectivity index (χ0n) is 16.1. The van der Waals surface area contributed by atoms with Crippen LogP contribution in [-0.2, 0) is 25.5 Å². The number of rotatable bonds is 8. The number of hydrogen-bond acceptors (Lipinski definition) is 5. The van der Waals surface area contributed by atoms with E-state index in [-0.39, 0.29) is 23.5 Å². The molecule has 5 heteroatoms. The average molecular weight is 371 g/mol. The van der Waals surface area contributed by atoms with E-state index in [0.29, 0.717) is 12.3 Å². The van der Waals surface area contributed by atoms with Crippen molar-refractivity contribution in [2.75, 3.05) is 6.61 Å². The molecule has 0 aliphatic heterocycles. The number of aryl methyl sites for hydroxylation is 1. The van der Waals surface area contributed by atoms with Crippen molar-refractivity contribution in [1.82, 2.24) is 4.98 Å². The van der Waals surface area contributed by atoms with Crippen LogP contribution < -0.4 is 0 Å². The van der Waals surface area contributed by atoms with Gasteiger partial charge < -0.3 is 9.47 Å². The van der Waals surface area contributed by atoms with Crippen LogP contribution >= 0.6 is 0 Å². The molecule has 2 saturated carbocycles. The second kappa shape index (κ2) is 9.16. The molecule has 5 nitrogen and oxygen atoms in total. The Morgan fingerprint density at radius 2 is 2.00 bits per heavy atom. The van der Waals surface area contributed by atoms with E-state index in [4.69, 9.17) is 9.47 Å². The second-order valence-corrected chi connectivity index (χ2v) is 7.62. The number of hydrogen-bond donors (Lipinski definition) is 0. The van der Waals surface area contributed by atoms with E-state index >= 15 is 0 Å². The van der Waals surface area contributed by atoms with Crippen molar-refractivity contribution in [1.29, 1.82) is 0 Å². The van der Waals surface area contributed by atoms with Crippen molar-refractivity contribution in [2.45, 2.75) is 70.8 Å². The Kier molecular flexibility index (Phi) is 6.64. The third-order valence-corrected chi connectivity index (χ3v) is 5.74. The van der Waals surface area contributed by atoms with E-state index < -0.39 is 0 Å². The van der Waals surface area contributed by atoms with Crippen molar-refractivity contribution < 1.29 is 19.1 Å². The molecule has 3 rings (SSSR count). The van der Waals surface area contributed by atoms with Crippen molar-refractivity contribution in [3.63, 3.8) is 0 Å². The van der Waals surface area contributed by atoms with E-state index in [9.17, 15) is 9.59 Å². The summed E-state index contributed by atoms with van der Waals surface area (Å²) >= 11 is 0. The molecule has 1 aromatic heterocycles. The lowest BCUT2D eigenvalue weighted by Crippen LogP contribution is -2.41. The molecule has 0 saturated heterocycles. The summed E-state index contributed by atoms with van der Waals surface area (Å²) in [7, 11) is 0. The highest BCUT2D eigenvalue weighted by atomic mass is 16.5. The SMILES string of the molecule is CCOC(=O)/C=C/c1ccc(CCC2(C(=O)OC3CCCC3)CCC2)cn1. The fourth-order valence-corrected chi connectivity index (χ4v) is 3.85. The quantitative estimate of drug-likeness (QED) is 0.505. The number of pyridine rings is 1. The van der Waals surface area contributed by atoms with Crippen LogP contribution in [0.25, 0.3) is 6.08 Å². The van der Waals surface area contributed by atoms with Gasteiger partial charge in [0.25, 0.3) is 0 Å².